The summed E-state index contributed by atoms with van der Waals surface area (Å²) in [6.45, 7) is 3.64. The minimum atomic E-state index is 0.761. The number of rotatable bonds is 4. The molecule has 0 aliphatic rings. The molecule has 1 heterocycles. The number of H-pyrrole nitrogens is 1. The molecule has 2 aromatic rings. The minimum Gasteiger partial charge on any atom is -0.361 e. The van der Waals surface area contributed by atoms with Crippen molar-refractivity contribution in [1.29, 1.82) is 0 Å². The first-order valence-electron chi connectivity index (χ1n) is 5.67. The fraction of sp³-hybridized carbons (Fsp3) is 0.286. The van der Waals surface area contributed by atoms with E-state index in [0.29, 0.717) is 0 Å². The van der Waals surface area contributed by atoms with Crippen LogP contribution in [0.15, 0.2) is 24.4 Å². The van der Waals surface area contributed by atoms with Crippen LogP contribution in [0.4, 0.5) is 0 Å². The first-order chi connectivity index (χ1) is 8.31. The summed E-state index contributed by atoms with van der Waals surface area (Å²) in [5.74, 6) is 5.92. The van der Waals surface area contributed by atoms with Gasteiger partial charge in [0.2, 0.25) is 0 Å². The maximum absolute atomic E-state index is 5.94. The van der Waals surface area contributed by atoms with Crippen LogP contribution in [0.1, 0.15) is 18.9 Å². The average Bonchev–Trinajstić information content (AvgIpc) is 2.71. The standard InChI is InChI=1S/C14H15ClN2/c1-2-3-4-7-16-9-11-10-17-14-8-12(15)5-6-13(11)14/h5-6,8,10,16-17H,4,7,9H2,1H3. The van der Waals surface area contributed by atoms with Gasteiger partial charge >= 0.3 is 0 Å². The molecule has 0 aliphatic heterocycles. The number of hydrogen-bond acceptors (Lipinski definition) is 1. The van der Waals surface area contributed by atoms with Crippen LogP contribution in [0.2, 0.25) is 5.02 Å². The summed E-state index contributed by atoms with van der Waals surface area (Å²) >= 11 is 5.94. The molecule has 0 spiro atoms. The Morgan fingerprint density at radius 1 is 1.41 bits per heavy atom. The van der Waals surface area contributed by atoms with E-state index in [1.54, 1.807) is 0 Å². The summed E-state index contributed by atoms with van der Waals surface area (Å²) in [6, 6.07) is 5.92. The molecular formula is C14H15ClN2. The van der Waals surface area contributed by atoms with Gasteiger partial charge in [-0.15, -0.1) is 11.8 Å². The van der Waals surface area contributed by atoms with Crippen LogP contribution >= 0.6 is 11.6 Å². The lowest BCUT2D eigenvalue weighted by Crippen LogP contribution is -2.13. The highest BCUT2D eigenvalue weighted by molar-refractivity contribution is 6.31. The summed E-state index contributed by atoms with van der Waals surface area (Å²) < 4.78 is 0. The Bertz CT molecular complexity index is 560. The third-order valence-electron chi connectivity index (χ3n) is 2.65. The molecule has 88 valence electrons. The summed E-state index contributed by atoms with van der Waals surface area (Å²) in [5, 5.41) is 5.36. The van der Waals surface area contributed by atoms with E-state index in [9.17, 15) is 0 Å². The predicted octanol–water partition coefficient (Wildman–Crippen LogP) is 3.32. The highest BCUT2D eigenvalue weighted by Crippen LogP contribution is 2.21. The monoisotopic (exact) mass is 246 g/mol. The summed E-state index contributed by atoms with van der Waals surface area (Å²) in [7, 11) is 0. The van der Waals surface area contributed by atoms with E-state index in [0.717, 1.165) is 30.0 Å². The van der Waals surface area contributed by atoms with Crippen LogP contribution in [0.25, 0.3) is 10.9 Å². The van der Waals surface area contributed by atoms with Gasteiger partial charge in [0.25, 0.3) is 0 Å². The van der Waals surface area contributed by atoms with E-state index >= 15 is 0 Å². The van der Waals surface area contributed by atoms with Gasteiger partial charge in [0.1, 0.15) is 0 Å². The van der Waals surface area contributed by atoms with Crippen LogP contribution < -0.4 is 5.32 Å². The topological polar surface area (TPSA) is 27.8 Å². The van der Waals surface area contributed by atoms with Gasteiger partial charge in [0.05, 0.1) is 0 Å². The van der Waals surface area contributed by atoms with Crippen molar-refractivity contribution in [3.63, 3.8) is 0 Å². The van der Waals surface area contributed by atoms with Crippen molar-refractivity contribution < 1.29 is 0 Å². The summed E-state index contributed by atoms with van der Waals surface area (Å²) in [5.41, 5.74) is 2.35. The molecule has 0 saturated carbocycles. The van der Waals surface area contributed by atoms with Crippen molar-refractivity contribution in [2.24, 2.45) is 0 Å². The van der Waals surface area contributed by atoms with Crippen LogP contribution in [-0.4, -0.2) is 11.5 Å². The molecule has 0 amide bonds. The second-order valence-electron chi connectivity index (χ2n) is 3.86. The van der Waals surface area contributed by atoms with Crippen molar-refractivity contribution >= 4 is 22.5 Å². The lowest BCUT2D eigenvalue weighted by atomic mass is 10.2. The number of fused-ring (bicyclic) bond motifs is 1. The Balaban J connectivity index is 2.01. The van der Waals surface area contributed by atoms with E-state index in [1.165, 1.54) is 10.9 Å². The Morgan fingerprint density at radius 3 is 3.12 bits per heavy atom. The van der Waals surface area contributed by atoms with Gasteiger partial charge in [-0.1, -0.05) is 17.7 Å². The van der Waals surface area contributed by atoms with E-state index in [2.05, 4.69) is 28.2 Å². The van der Waals surface area contributed by atoms with Gasteiger partial charge in [0, 0.05) is 41.6 Å². The SMILES string of the molecule is CC#CCCNCc1c[nH]c2cc(Cl)ccc12. The molecule has 1 aromatic heterocycles. The van der Waals surface area contributed by atoms with Crippen molar-refractivity contribution in [1.82, 2.24) is 10.3 Å². The molecule has 0 aliphatic carbocycles. The van der Waals surface area contributed by atoms with E-state index in [1.807, 2.05) is 25.3 Å². The average molecular weight is 247 g/mol. The van der Waals surface area contributed by atoms with Crippen molar-refractivity contribution in [3.8, 4) is 11.8 Å². The number of hydrogen-bond donors (Lipinski definition) is 2. The van der Waals surface area contributed by atoms with Crippen LogP contribution in [0.5, 0.6) is 0 Å². The lowest BCUT2D eigenvalue weighted by molar-refractivity contribution is 0.704. The smallest absolute Gasteiger partial charge is 0.0472 e. The van der Waals surface area contributed by atoms with E-state index in [4.69, 9.17) is 11.6 Å². The van der Waals surface area contributed by atoms with Gasteiger partial charge in [-0.2, -0.15) is 0 Å². The molecule has 2 nitrogen and oxygen atoms in total. The minimum absolute atomic E-state index is 0.761. The van der Waals surface area contributed by atoms with Crippen molar-refractivity contribution in [2.45, 2.75) is 19.9 Å². The van der Waals surface area contributed by atoms with Gasteiger partial charge in [-0.25, -0.2) is 0 Å². The molecule has 0 fully saturated rings. The quantitative estimate of drug-likeness (QED) is 0.629. The van der Waals surface area contributed by atoms with Gasteiger partial charge in [-0.3, -0.25) is 0 Å². The highest BCUT2D eigenvalue weighted by atomic mass is 35.5. The third-order valence-corrected chi connectivity index (χ3v) is 2.88. The fourth-order valence-corrected chi connectivity index (χ4v) is 1.98. The summed E-state index contributed by atoms with van der Waals surface area (Å²) in [4.78, 5) is 3.23. The molecule has 0 atom stereocenters. The van der Waals surface area contributed by atoms with Crippen LogP contribution in [0.3, 0.4) is 0 Å². The zero-order valence-corrected chi connectivity index (χ0v) is 10.6. The molecule has 17 heavy (non-hydrogen) atoms. The molecule has 3 heteroatoms. The Morgan fingerprint density at radius 2 is 2.29 bits per heavy atom. The molecule has 0 saturated heterocycles. The zero-order chi connectivity index (χ0) is 12.1. The maximum Gasteiger partial charge on any atom is 0.0472 e. The second-order valence-corrected chi connectivity index (χ2v) is 4.29. The van der Waals surface area contributed by atoms with Crippen molar-refractivity contribution in [2.75, 3.05) is 6.54 Å². The van der Waals surface area contributed by atoms with Gasteiger partial charge < -0.3 is 10.3 Å². The fourth-order valence-electron chi connectivity index (χ4n) is 1.80. The second kappa shape index (κ2) is 5.77. The molecule has 2 rings (SSSR count). The highest BCUT2D eigenvalue weighted by Gasteiger charge is 2.03. The Kier molecular flexibility index (Phi) is 4.08. The lowest BCUT2D eigenvalue weighted by Gasteiger charge is -2.01. The molecule has 0 radical (unpaired) electrons. The van der Waals surface area contributed by atoms with Crippen LogP contribution in [-0.2, 0) is 6.54 Å². The molecule has 1 aromatic carbocycles. The first kappa shape index (κ1) is 12.0. The number of aromatic amines is 1. The van der Waals surface area contributed by atoms with Gasteiger partial charge in [-0.05, 0) is 24.6 Å². The first-order valence-corrected chi connectivity index (χ1v) is 6.05. The predicted molar refractivity (Wildman–Crippen MR) is 73.1 cm³/mol. The van der Waals surface area contributed by atoms with Gasteiger partial charge in [0.15, 0.2) is 0 Å². The van der Waals surface area contributed by atoms with E-state index in [-0.39, 0.29) is 0 Å². The normalized spacial score (nSPS) is 10.2. The maximum atomic E-state index is 5.94. The molecule has 0 unspecified atom stereocenters. The summed E-state index contributed by atoms with van der Waals surface area (Å²) in [6.07, 6.45) is 2.92. The number of halogens is 1. The van der Waals surface area contributed by atoms with Crippen molar-refractivity contribution in [3.05, 3.63) is 35.0 Å². The Hall–Kier alpha value is -1.43. The third kappa shape index (κ3) is 3.03. The largest absolute Gasteiger partial charge is 0.361 e. The Labute approximate surface area is 106 Å². The number of nitrogens with one attached hydrogen (secondary N) is 2. The molecular weight excluding hydrogens is 232 g/mol. The zero-order valence-electron chi connectivity index (χ0n) is 9.81. The number of aromatic nitrogens is 1. The van der Waals surface area contributed by atoms with Crippen LogP contribution in [0, 0.1) is 11.8 Å². The molecule has 2 N–H and O–H groups in total. The molecule has 0 bridgehead atoms. The van der Waals surface area contributed by atoms with E-state index < -0.39 is 0 Å². The number of benzene rings is 1.